The molecule has 0 saturated carbocycles. The summed E-state index contributed by atoms with van der Waals surface area (Å²) in [5, 5.41) is 29.3. The zero-order valence-corrected chi connectivity index (χ0v) is 25.9. The van der Waals surface area contributed by atoms with Gasteiger partial charge in [-0.3, -0.25) is 9.69 Å². The van der Waals surface area contributed by atoms with Gasteiger partial charge in [-0.05, 0) is 75.3 Å². The molecule has 234 valence electrons. The van der Waals surface area contributed by atoms with Gasteiger partial charge in [0, 0.05) is 13.0 Å². The number of ether oxygens (including phenoxy) is 1. The summed E-state index contributed by atoms with van der Waals surface area (Å²) in [6.45, 7) is 6.23. The summed E-state index contributed by atoms with van der Waals surface area (Å²) in [5.41, 5.74) is 1.94. The van der Waals surface area contributed by atoms with Crippen molar-refractivity contribution in [2.45, 2.75) is 88.3 Å². The number of alkyl carbamates (subject to hydrolysis) is 1. The number of likely N-dealkylation sites (tertiary alicyclic amines) is 1. The van der Waals surface area contributed by atoms with E-state index in [4.69, 9.17) is 4.74 Å². The maximum absolute atomic E-state index is 14.1. The molecule has 1 aliphatic carbocycles. The van der Waals surface area contributed by atoms with E-state index in [-0.39, 0.29) is 12.5 Å². The normalized spacial score (nSPS) is 23.3. The summed E-state index contributed by atoms with van der Waals surface area (Å²) in [6.07, 6.45) is 1.15. The number of hydrogen-bond acceptors (Lipinski definition) is 6. The van der Waals surface area contributed by atoms with E-state index in [1.165, 1.54) is 0 Å². The number of piperidine rings is 1. The number of aliphatic hydroxyl groups is 2. The Morgan fingerprint density at radius 3 is 2.23 bits per heavy atom. The van der Waals surface area contributed by atoms with Crippen molar-refractivity contribution in [3.05, 3.63) is 107 Å². The van der Waals surface area contributed by atoms with Crippen LogP contribution in [0.15, 0.2) is 84.9 Å². The van der Waals surface area contributed by atoms with Gasteiger partial charge >= 0.3 is 6.09 Å². The Balaban J connectivity index is 1.41. The van der Waals surface area contributed by atoms with Crippen LogP contribution in [-0.4, -0.2) is 69.6 Å². The summed E-state index contributed by atoms with van der Waals surface area (Å²) >= 11 is 0. The number of hydrogen-bond donors (Lipinski definition) is 4. The van der Waals surface area contributed by atoms with Gasteiger partial charge in [0.05, 0.1) is 29.8 Å². The van der Waals surface area contributed by atoms with Crippen LogP contribution in [0.3, 0.4) is 0 Å². The fourth-order valence-electron chi connectivity index (χ4n) is 6.55. The summed E-state index contributed by atoms with van der Waals surface area (Å²) < 4.78 is 5.58. The maximum Gasteiger partial charge on any atom is 0.407 e. The van der Waals surface area contributed by atoms with Crippen molar-refractivity contribution in [1.82, 2.24) is 15.5 Å². The van der Waals surface area contributed by atoms with Gasteiger partial charge in [0.15, 0.2) is 0 Å². The van der Waals surface area contributed by atoms with E-state index >= 15 is 0 Å². The number of amides is 2. The Hall–Kier alpha value is -3.72. The van der Waals surface area contributed by atoms with Gasteiger partial charge in [0.25, 0.3) is 0 Å². The van der Waals surface area contributed by atoms with Crippen LogP contribution in [0.2, 0.25) is 0 Å². The smallest absolute Gasteiger partial charge is 0.407 e. The van der Waals surface area contributed by atoms with Crippen LogP contribution < -0.4 is 10.6 Å². The van der Waals surface area contributed by atoms with Crippen molar-refractivity contribution in [3.63, 3.8) is 0 Å². The lowest BCUT2D eigenvalue weighted by Crippen LogP contribution is -2.64. The molecule has 0 radical (unpaired) electrons. The molecule has 4 N–H and O–H groups in total. The first kappa shape index (κ1) is 31.7. The lowest BCUT2D eigenvalue weighted by Gasteiger charge is -2.46. The second-order valence-corrected chi connectivity index (χ2v) is 13.2. The minimum atomic E-state index is -1.32. The van der Waals surface area contributed by atoms with Gasteiger partial charge in [-0.15, -0.1) is 0 Å². The third-order valence-corrected chi connectivity index (χ3v) is 8.67. The highest BCUT2D eigenvalue weighted by Crippen LogP contribution is 2.33. The van der Waals surface area contributed by atoms with Crippen molar-refractivity contribution in [2.75, 3.05) is 13.1 Å². The number of nitrogens with zero attached hydrogens (tertiary/aromatic N) is 1. The summed E-state index contributed by atoms with van der Waals surface area (Å²) in [5.74, 6) is -0.196. The molecule has 0 aromatic heterocycles. The molecule has 0 spiro atoms. The number of nitrogens with one attached hydrogen (secondary N) is 2. The third kappa shape index (κ3) is 7.86. The molecular weight excluding hydrogens is 554 g/mol. The fraction of sp³-hybridized carbons (Fsp3) is 0.444. The van der Waals surface area contributed by atoms with Gasteiger partial charge in [-0.2, -0.15) is 0 Å². The zero-order chi connectivity index (χ0) is 31.3. The molecular formula is C36H45N3O5. The van der Waals surface area contributed by atoms with Crippen molar-refractivity contribution in [3.8, 4) is 0 Å². The average molecular weight is 600 g/mol. The fourth-order valence-corrected chi connectivity index (χ4v) is 6.55. The van der Waals surface area contributed by atoms with Gasteiger partial charge in [0.2, 0.25) is 5.91 Å². The van der Waals surface area contributed by atoms with E-state index in [0.29, 0.717) is 38.6 Å². The van der Waals surface area contributed by atoms with Crippen molar-refractivity contribution in [2.24, 2.45) is 0 Å². The minimum absolute atomic E-state index is 0.190. The highest BCUT2D eigenvalue weighted by Gasteiger charge is 2.45. The Morgan fingerprint density at radius 2 is 1.57 bits per heavy atom. The summed E-state index contributed by atoms with van der Waals surface area (Å²) in [7, 11) is 0. The van der Waals surface area contributed by atoms with Crippen LogP contribution in [0.1, 0.15) is 61.9 Å². The van der Waals surface area contributed by atoms with Crippen LogP contribution in [0.25, 0.3) is 0 Å². The van der Waals surface area contributed by atoms with Crippen LogP contribution in [-0.2, 0) is 28.8 Å². The number of β-amino-alcohol motifs (C(OH)–C–C–N with tert-alkyl or cyclic N) is 1. The predicted molar refractivity (Wildman–Crippen MR) is 170 cm³/mol. The molecule has 1 heterocycles. The molecule has 1 saturated heterocycles. The number of aliphatic hydroxyl groups excluding tert-OH is 1. The van der Waals surface area contributed by atoms with E-state index in [2.05, 4.69) is 10.6 Å². The maximum atomic E-state index is 14.1. The van der Waals surface area contributed by atoms with E-state index < -0.39 is 41.5 Å². The molecule has 2 aliphatic rings. The molecule has 3 aromatic rings. The molecule has 3 aromatic carbocycles. The quantitative estimate of drug-likeness (QED) is 0.291. The van der Waals surface area contributed by atoms with Crippen molar-refractivity contribution < 1.29 is 24.5 Å². The second-order valence-electron chi connectivity index (χ2n) is 13.2. The van der Waals surface area contributed by atoms with Crippen LogP contribution in [0, 0.1) is 0 Å². The highest BCUT2D eigenvalue weighted by atomic mass is 16.6. The number of carbonyl (C=O) groups is 2. The topological polar surface area (TPSA) is 111 Å². The second kappa shape index (κ2) is 13.5. The molecule has 5 rings (SSSR count). The molecule has 0 bridgehead atoms. The summed E-state index contributed by atoms with van der Waals surface area (Å²) in [4.78, 5) is 29.2. The zero-order valence-electron chi connectivity index (χ0n) is 25.9. The monoisotopic (exact) mass is 599 g/mol. The molecule has 1 fully saturated rings. The van der Waals surface area contributed by atoms with Gasteiger partial charge in [-0.25, -0.2) is 4.79 Å². The van der Waals surface area contributed by atoms with Gasteiger partial charge in [0.1, 0.15) is 5.60 Å². The lowest BCUT2D eigenvalue weighted by atomic mass is 9.81. The number of rotatable bonds is 9. The van der Waals surface area contributed by atoms with Crippen LogP contribution >= 0.6 is 0 Å². The molecule has 0 unspecified atom stereocenters. The van der Waals surface area contributed by atoms with Gasteiger partial charge in [-0.1, -0.05) is 84.9 Å². The van der Waals surface area contributed by atoms with Crippen LogP contribution in [0.5, 0.6) is 0 Å². The van der Waals surface area contributed by atoms with Crippen molar-refractivity contribution in [1.29, 1.82) is 0 Å². The first-order valence-corrected chi connectivity index (χ1v) is 15.6. The minimum Gasteiger partial charge on any atom is -0.444 e. The highest BCUT2D eigenvalue weighted by molar-refractivity contribution is 5.83. The number of carbonyl (C=O) groups excluding carboxylic acids is 2. The van der Waals surface area contributed by atoms with Gasteiger partial charge < -0.3 is 25.6 Å². The Labute approximate surface area is 260 Å². The largest absolute Gasteiger partial charge is 0.444 e. The van der Waals surface area contributed by atoms with E-state index in [1.807, 2.05) is 111 Å². The number of fused-ring (bicyclic) bond motifs is 1. The Kier molecular flexibility index (Phi) is 9.73. The average Bonchev–Trinajstić information content (AvgIpc) is 3.30. The Bertz CT molecular complexity index is 1410. The first-order chi connectivity index (χ1) is 21.0. The van der Waals surface area contributed by atoms with E-state index in [0.717, 1.165) is 22.3 Å². The molecule has 44 heavy (non-hydrogen) atoms. The number of benzene rings is 3. The first-order valence-electron chi connectivity index (χ1n) is 15.6. The lowest BCUT2D eigenvalue weighted by molar-refractivity contribution is -0.132. The molecule has 5 atom stereocenters. The van der Waals surface area contributed by atoms with E-state index in [9.17, 15) is 19.8 Å². The standard InChI is InChI=1S/C36H45N3O5/c1-35(2,3)44-34(42)37-31(22-26-15-8-5-9-16-26)36(43)19-12-20-39(24-36)29(21-25-13-6-4-7-14-25)33(41)38-32-28-18-11-10-17-27(28)23-30(32)40/h4-11,13-18,29-32,40,43H,12,19-24H2,1-3H3,(H,37,42)(H,38,41)/t29-,30+,31-,32-,36-/m0/s1. The molecule has 8 nitrogen and oxygen atoms in total. The molecule has 8 heteroatoms. The summed E-state index contributed by atoms with van der Waals surface area (Å²) in [6, 6.07) is 25.7. The SMILES string of the molecule is CC(C)(C)OC(=O)N[C@@H](Cc1ccccc1)[C@]1(O)CCCN([C@@H](Cc2ccccc2)C(=O)N[C@H]2c3ccccc3C[C@H]2O)C1. The molecule has 2 amide bonds. The molecule has 1 aliphatic heterocycles. The van der Waals surface area contributed by atoms with E-state index in [1.54, 1.807) is 0 Å². The van der Waals surface area contributed by atoms with Crippen LogP contribution in [0.4, 0.5) is 4.79 Å². The van der Waals surface area contributed by atoms with Crippen molar-refractivity contribution >= 4 is 12.0 Å². The third-order valence-electron chi connectivity index (χ3n) is 8.67. The predicted octanol–water partition coefficient (Wildman–Crippen LogP) is 4.34. The Morgan fingerprint density at radius 1 is 0.955 bits per heavy atom.